The molecule has 79 heavy (non-hydrogen) atoms. The first-order valence-corrected chi connectivity index (χ1v) is 28.9. The van der Waals surface area contributed by atoms with Crippen LogP contribution in [0.2, 0.25) is 20.1 Å². The fraction of sp³-hybridized carbons (Fsp3) is 0.397. The average molecular weight is 1160 g/mol. The fourth-order valence-electron chi connectivity index (χ4n) is 10.5. The van der Waals surface area contributed by atoms with Crippen LogP contribution in [0.1, 0.15) is 48.9 Å². The Kier molecular flexibility index (Phi) is 20.7. The Labute approximate surface area is 486 Å². The van der Waals surface area contributed by atoms with Gasteiger partial charge in [0.15, 0.2) is 11.6 Å². The summed E-state index contributed by atoms with van der Waals surface area (Å²) in [5.74, 6) is 1.03. The van der Waals surface area contributed by atoms with Crippen molar-refractivity contribution >= 4 is 57.8 Å². The molecule has 0 amide bonds. The van der Waals surface area contributed by atoms with Crippen molar-refractivity contribution in [2.45, 2.75) is 63.3 Å². The Morgan fingerprint density at radius 2 is 1.00 bits per heavy atom. The molecule has 4 saturated heterocycles. The molecule has 0 spiro atoms. The lowest BCUT2D eigenvalue weighted by atomic mass is 10.1. The van der Waals surface area contributed by atoms with E-state index in [1.54, 1.807) is 36.4 Å². The SMILES string of the molecule is C=CCOc1cccc(CCCN2CCN(c3ccc(OCC4CO[C@](C)(c5ccc(Cl)cc5Cl)O4)cc3)CC2)c1.C[C@]1(c2ccc(Cl)cc2Cl)OCC(COc2ccc(N3CCN(CCCc4cccc(O)c4)CC3)cc2)O1. The zero-order chi connectivity index (χ0) is 55.2. The Bertz CT molecular complexity index is 2900. The maximum atomic E-state index is 9.63. The summed E-state index contributed by atoms with van der Waals surface area (Å²) in [6, 6.07) is 43.2. The van der Waals surface area contributed by atoms with E-state index in [1.807, 2.05) is 68.4 Å². The maximum Gasteiger partial charge on any atom is 0.194 e. The quantitative estimate of drug-likeness (QED) is 0.0695. The molecule has 4 aliphatic heterocycles. The Hall–Kier alpha value is -5.22. The van der Waals surface area contributed by atoms with Crippen LogP contribution in [0, 0.1) is 0 Å². The monoisotopic (exact) mass is 1150 g/mol. The first kappa shape index (κ1) is 58.4. The number of nitrogens with zero attached hydrogens (tertiary/aromatic N) is 4. The lowest BCUT2D eigenvalue weighted by molar-refractivity contribution is -0.164. The predicted octanol–water partition coefficient (Wildman–Crippen LogP) is 13.1. The summed E-state index contributed by atoms with van der Waals surface area (Å²) in [7, 11) is 0. The number of halogens is 4. The third-order valence-electron chi connectivity index (χ3n) is 14.8. The van der Waals surface area contributed by atoms with Crippen molar-refractivity contribution in [2.24, 2.45) is 0 Å². The summed E-state index contributed by atoms with van der Waals surface area (Å²) < 4.78 is 42.0. The first-order chi connectivity index (χ1) is 38.3. The molecule has 4 atom stereocenters. The Morgan fingerprint density at radius 1 is 0.544 bits per heavy atom. The Balaban J connectivity index is 0.000000192. The van der Waals surface area contributed by atoms with E-state index in [9.17, 15) is 5.11 Å². The van der Waals surface area contributed by atoms with Crippen molar-refractivity contribution in [1.29, 1.82) is 0 Å². The van der Waals surface area contributed by atoms with E-state index < -0.39 is 11.6 Å². The number of phenolic OH excluding ortho intramolecular Hbond substituents is 1. The number of ether oxygens (including phenoxy) is 7. The molecule has 4 aliphatic rings. The van der Waals surface area contributed by atoms with Gasteiger partial charge in [-0.15, -0.1) is 0 Å². The molecule has 1 N–H and O–H groups in total. The van der Waals surface area contributed by atoms with Gasteiger partial charge in [0.1, 0.15) is 55.0 Å². The van der Waals surface area contributed by atoms with E-state index in [1.165, 1.54) is 22.5 Å². The predicted molar refractivity (Wildman–Crippen MR) is 317 cm³/mol. The zero-order valence-corrected chi connectivity index (χ0v) is 48.2. The number of benzene rings is 6. The number of piperazine rings is 2. The van der Waals surface area contributed by atoms with Crippen molar-refractivity contribution in [1.82, 2.24) is 9.80 Å². The number of hydrogen-bond acceptors (Lipinski definition) is 12. The molecule has 0 bridgehead atoms. The van der Waals surface area contributed by atoms with Gasteiger partial charge in [0, 0.05) is 84.9 Å². The lowest BCUT2D eigenvalue weighted by Gasteiger charge is -2.36. The van der Waals surface area contributed by atoms with Gasteiger partial charge < -0.3 is 48.1 Å². The Morgan fingerprint density at radius 3 is 1.44 bits per heavy atom. The van der Waals surface area contributed by atoms with Crippen molar-refractivity contribution < 1.29 is 38.3 Å². The molecule has 6 aromatic rings. The number of anilines is 2. The second-order valence-corrected chi connectivity index (χ2v) is 22.3. The standard InChI is InChI=1S/C33H38Cl2N2O4.C30H34Cl2N2O4/c1-3-20-38-29-8-4-6-25(21-29)7-5-15-36-16-18-37(19-17-36)27-10-12-28(13-11-27)39-23-30-24-40-33(2,41-30)31-14-9-26(34)22-32(31)35;1-30(28-12-7-23(31)19-29(28)32)37-21-27(38-30)20-36-26-10-8-24(9-11-26)34-16-14-33(15-17-34)13-3-5-22-4-2-6-25(35)18-22/h3-4,6,8-14,21-22,30H,1,5,7,15-20,23-24H2,2H3;2,4,6-12,18-19,27,35H,3,5,13-17,20-21H2,1H3/t30?,33-;27?,30-/m00/s1. The van der Waals surface area contributed by atoms with Crippen LogP contribution in [0.25, 0.3) is 0 Å². The molecule has 6 aromatic carbocycles. The molecule has 16 heteroatoms. The van der Waals surface area contributed by atoms with Crippen molar-refractivity contribution in [2.75, 3.05) is 108 Å². The van der Waals surface area contributed by atoms with E-state index in [4.69, 9.17) is 79.6 Å². The van der Waals surface area contributed by atoms with Gasteiger partial charge in [-0.3, -0.25) is 9.80 Å². The van der Waals surface area contributed by atoms with Gasteiger partial charge >= 0.3 is 0 Å². The highest BCUT2D eigenvalue weighted by molar-refractivity contribution is 6.35. The van der Waals surface area contributed by atoms with E-state index in [0.29, 0.717) is 58.9 Å². The van der Waals surface area contributed by atoms with E-state index >= 15 is 0 Å². The van der Waals surface area contributed by atoms with Crippen LogP contribution >= 0.6 is 46.4 Å². The minimum absolute atomic E-state index is 0.200. The maximum absolute atomic E-state index is 9.63. The topological polar surface area (TPSA) is 97.8 Å². The third-order valence-corrected chi connectivity index (χ3v) is 15.9. The van der Waals surface area contributed by atoms with Gasteiger partial charge in [0.05, 0.1) is 23.3 Å². The number of aromatic hydroxyl groups is 1. The largest absolute Gasteiger partial charge is 0.508 e. The number of phenols is 1. The van der Waals surface area contributed by atoms with Crippen LogP contribution in [-0.2, 0) is 43.4 Å². The number of aryl methyl sites for hydroxylation is 2. The van der Waals surface area contributed by atoms with E-state index in [2.05, 4.69) is 74.7 Å². The highest BCUT2D eigenvalue weighted by Crippen LogP contribution is 2.40. The fourth-order valence-corrected chi connectivity index (χ4v) is 11.6. The minimum atomic E-state index is -0.924. The summed E-state index contributed by atoms with van der Waals surface area (Å²) in [6.07, 6.45) is 5.64. The summed E-state index contributed by atoms with van der Waals surface area (Å²) >= 11 is 24.8. The summed E-state index contributed by atoms with van der Waals surface area (Å²) in [4.78, 5) is 9.94. The molecule has 4 heterocycles. The van der Waals surface area contributed by atoms with E-state index in [-0.39, 0.29) is 12.2 Å². The summed E-state index contributed by atoms with van der Waals surface area (Å²) in [6.45, 7) is 20.1. The molecule has 0 aliphatic carbocycles. The van der Waals surface area contributed by atoms with Gasteiger partial charge in [-0.1, -0.05) is 95.5 Å². The second kappa shape index (κ2) is 28.0. The number of hydrogen-bond donors (Lipinski definition) is 1. The lowest BCUT2D eigenvalue weighted by Crippen LogP contribution is -2.46. The van der Waals surface area contributed by atoms with E-state index in [0.717, 1.165) is 120 Å². The smallest absolute Gasteiger partial charge is 0.194 e. The summed E-state index contributed by atoms with van der Waals surface area (Å²) in [5, 5.41) is 11.8. The second-order valence-electron chi connectivity index (χ2n) is 20.6. The molecular weight excluding hydrogens is 1080 g/mol. The van der Waals surface area contributed by atoms with Crippen molar-refractivity contribution in [3.05, 3.63) is 188 Å². The minimum Gasteiger partial charge on any atom is -0.508 e. The van der Waals surface area contributed by atoms with Crippen LogP contribution in [-0.4, -0.2) is 126 Å². The molecule has 4 fully saturated rings. The molecule has 0 radical (unpaired) electrons. The van der Waals surface area contributed by atoms with Crippen LogP contribution in [0.4, 0.5) is 11.4 Å². The van der Waals surface area contributed by atoms with Gasteiger partial charge in [0.2, 0.25) is 0 Å². The molecule has 420 valence electrons. The molecule has 10 rings (SSSR count). The highest BCUT2D eigenvalue weighted by atomic mass is 35.5. The zero-order valence-electron chi connectivity index (χ0n) is 45.2. The molecular formula is C63H72Cl4N4O8. The van der Waals surface area contributed by atoms with Crippen LogP contribution < -0.4 is 24.0 Å². The first-order valence-electron chi connectivity index (χ1n) is 27.4. The van der Waals surface area contributed by atoms with Gasteiger partial charge in [-0.05, 0) is 161 Å². The molecule has 2 unspecified atom stereocenters. The van der Waals surface area contributed by atoms with Crippen LogP contribution in [0.15, 0.2) is 146 Å². The van der Waals surface area contributed by atoms with Crippen molar-refractivity contribution in [3.63, 3.8) is 0 Å². The van der Waals surface area contributed by atoms with Crippen LogP contribution in [0.5, 0.6) is 23.0 Å². The molecule has 12 nitrogen and oxygen atoms in total. The van der Waals surface area contributed by atoms with Gasteiger partial charge in [-0.2, -0.15) is 0 Å². The molecule has 0 aromatic heterocycles. The summed E-state index contributed by atoms with van der Waals surface area (Å²) in [5.41, 5.74) is 6.46. The van der Waals surface area contributed by atoms with Crippen molar-refractivity contribution in [3.8, 4) is 23.0 Å². The average Bonchev–Trinajstić information content (AvgIpc) is 4.05. The van der Waals surface area contributed by atoms with Gasteiger partial charge in [0.25, 0.3) is 0 Å². The number of rotatable bonds is 21. The molecule has 0 saturated carbocycles. The third kappa shape index (κ3) is 16.5. The van der Waals surface area contributed by atoms with Crippen LogP contribution in [0.3, 0.4) is 0 Å². The highest BCUT2D eigenvalue weighted by Gasteiger charge is 2.42. The normalized spacial score (nSPS) is 21.6. The van der Waals surface area contributed by atoms with Gasteiger partial charge in [-0.25, -0.2) is 0 Å².